The highest BCUT2D eigenvalue weighted by Crippen LogP contribution is 2.19. The van der Waals surface area contributed by atoms with Crippen LogP contribution in [0.2, 0.25) is 0 Å². The van der Waals surface area contributed by atoms with Gasteiger partial charge in [-0.2, -0.15) is 8.42 Å². The lowest BCUT2D eigenvalue weighted by molar-refractivity contribution is 0.597. The molecule has 5 nitrogen and oxygen atoms in total. The second-order valence-electron chi connectivity index (χ2n) is 5.95. The van der Waals surface area contributed by atoms with Crippen molar-refractivity contribution in [3.8, 4) is 0 Å². The predicted molar refractivity (Wildman–Crippen MR) is 101 cm³/mol. The van der Waals surface area contributed by atoms with Crippen molar-refractivity contribution in [2.45, 2.75) is 43.4 Å². The molecular weight excluding hydrogens is 356 g/mol. The molecule has 0 saturated heterocycles. The summed E-state index contributed by atoms with van der Waals surface area (Å²) in [7, 11) is -7.33. The van der Waals surface area contributed by atoms with E-state index in [0.29, 0.717) is 11.4 Å². The number of rotatable bonds is 7. The van der Waals surface area contributed by atoms with E-state index < -0.39 is 19.9 Å². The highest BCUT2D eigenvalue weighted by molar-refractivity contribution is 8.02. The minimum absolute atomic E-state index is 0.0372. The van der Waals surface area contributed by atoms with Crippen LogP contribution in [0.15, 0.2) is 62.1 Å². The zero-order valence-corrected chi connectivity index (χ0v) is 16.4. The zero-order valence-electron chi connectivity index (χ0n) is 14.7. The highest BCUT2D eigenvalue weighted by Gasteiger charge is 2.20. The molecule has 0 bridgehead atoms. The van der Waals surface area contributed by atoms with Crippen LogP contribution in [0.25, 0.3) is 0 Å². The summed E-state index contributed by atoms with van der Waals surface area (Å²) in [5.41, 5.74) is 1.94. The van der Waals surface area contributed by atoms with Gasteiger partial charge in [-0.1, -0.05) is 52.5 Å². The van der Waals surface area contributed by atoms with Gasteiger partial charge in [0.2, 0.25) is 0 Å². The fraction of sp³-hybridized carbons (Fsp3) is 0.333. The standard InChI is InChI=1S/C18H24N2O3S2/c1-4-5-14-19-24(21,17-10-6-15(2)7-11-17)20-25(22,23)18-12-8-16(3)9-13-18/h6-13H,4-5,14H2,1-3H3,(H,19,20,21). The minimum atomic E-state index is -4.04. The molecule has 0 aliphatic heterocycles. The molecule has 0 heterocycles. The number of nitrogens with zero attached hydrogens (tertiary/aromatic N) is 1. The smallest absolute Gasteiger partial charge is 0.228 e. The molecule has 1 unspecified atom stereocenters. The average Bonchev–Trinajstić information content (AvgIpc) is 2.55. The Morgan fingerprint density at radius 1 is 0.840 bits per heavy atom. The number of hydrogen-bond acceptors (Lipinski definition) is 3. The van der Waals surface area contributed by atoms with Gasteiger partial charge in [0.25, 0.3) is 10.0 Å². The molecule has 0 radical (unpaired) electrons. The van der Waals surface area contributed by atoms with E-state index in [4.69, 9.17) is 0 Å². The minimum Gasteiger partial charge on any atom is -0.228 e. The van der Waals surface area contributed by atoms with Crippen LogP contribution in [0.3, 0.4) is 0 Å². The van der Waals surface area contributed by atoms with E-state index in [2.05, 4.69) is 8.49 Å². The summed E-state index contributed by atoms with van der Waals surface area (Å²) in [5, 5.41) is 0. The van der Waals surface area contributed by atoms with Gasteiger partial charge in [0, 0.05) is 6.54 Å². The number of nitrogens with one attached hydrogen (secondary N) is 1. The summed E-state index contributed by atoms with van der Waals surface area (Å²) < 4.78 is 45.3. The van der Waals surface area contributed by atoms with Crippen LogP contribution in [0.1, 0.15) is 30.9 Å². The van der Waals surface area contributed by atoms with E-state index in [0.717, 1.165) is 24.0 Å². The normalized spacial score (nSPS) is 14.0. The van der Waals surface area contributed by atoms with Crippen molar-refractivity contribution in [2.24, 2.45) is 3.77 Å². The largest absolute Gasteiger partial charge is 0.291 e. The number of hydrogen-bond donors (Lipinski definition) is 1. The van der Waals surface area contributed by atoms with Gasteiger partial charge in [0.1, 0.15) is 0 Å². The Bertz CT molecular complexity index is 925. The maximum atomic E-state index is 13.4. The molecule has 0 aliphatic carbocycles. The van der Waals surface area contributed by atoms with Gasteiger partial charge in [-0.05, 0) is 44.5 Å². The van der Waals surface area contributed by atoms with E-state index in [1.165, 1.54) is 12.1 Å². The topological polar surface area (TPSA) is 75.6 Å². The fourth-order valence-electron chi connectivity index (χ4n) is 2.15. The van der Waals surface area contributed by atoms with Gasteiger partial charge in [0.15, 0.2) is 9.92 Å². The summed E-state index contributed by atoms with van der Waals surface area (Å²) in [5.74, 6) is 0. The first-order valence-corrected chi connectivity index (χ1v) is 11.1. The van der Waals surface area contributed by atoms with Crippen LogP contribution in [0.5, 0.6) is 0 Å². The van der Waals surface area contributed by atoms with Crippen LogP contribution >= 0.6 is 0 Å². The van der Waals surface area contributed by atoms with Crippen molar-refractivity contribution < 1.29 is 12.6 Å². The van der Waals surface area contributed by atoms with E-state index in [9.17, 15) is 12.6 Å². The molecular formula is C18H24N2O3S2. The van der Waals surface area contributed by atoms with Crippen LogP contribution in [0.4, 0.5) is 0 Å². The Morgan fingerprint density at radius 2 is 1.32 bits per heavy atom. The van der Waals surface area contributed by atoms with Crippen molar-refractivity contribution in [1.82, 2.24) is 4.72 Å². The SMILES string of the molecule is CCCCNS(=O)(=NS(=O)(=O)c1ccc(C)cc1)c1ccc(C)cc1. The van der Waals surface area contributed by atoms with Gasteiger partial charge in [-0.15, -0.1) is 0 Å². The maximum Gasteiger partial charge on any atom is 0.291 e. The van der Waals surface area contributed by atoms with Crippen LogP contribution in [-0.2, 0) is 19.9 Å². The Hall–Kier alpha value is -1.70. The number of unbranched alkanes of at least 4 members (excludes halogenated alkanes) is 1. The van der Waals surface area contributed by atoms with Gasteiger partial charge in [-0.25, -0.2) is 8.93 Å². The summed E-state index contributed by atoms with van der Waals surface area (Å²) in [6, 6.07) is 13.3. The highest BCUT2D eigenvalue weighted by atomic mass is 32.3. The van der Waals surface area contributed by atoms with E-state index in [-0.39, 0.29) is 4.90 Å². The molecule has 2 rings (SSSR count). The molecule has 2 aromatic carbocycles. The molecule has 0 fully saturated rings. The Balaban J connectivity index is 2.53. The lowest BCUT2D eigenvalue weighted by atomic mass is 10.2. The number of benzene rings is 2. The van der Waals surface area contributed by atoms with Gasteiger partial charge >= 0.3 is 0 Å². The Kier molecular flexibility index (Phi) is 6.37. The summed E-state index contributed by atoms with van der Waals surface area (Å²) in [4.78, 5) is 0.403. The molecule has 1 atom stereocenters. The lowest BCUT2D eigenvalue weighted by Gasteiger charge is -2.12. The Morgan fingerprint density at radius 3 is 1.80 bits per heavy atom. The zero-order chi connectivity index (χ0) is 18.5. The second kappa shape index (κ2) is 8.12. The van der Waals surface area contributed by atoms with Crippen molar-refractivity contribution >= 4 is 19.9 Å². The van der Waals surface area contributed by atoms with Gasteiger partial charge in [-0.3, -0.25) is 0 Å². The summed E-state index contributed by atoms with van der Waals surface area (Å²) in [6.45, 7) is 6.22. The van der Waals surface area contributed by atoms with Crippen LogP contribution < -0.4 is 4.72 Å². The maximum absolute atomic E-state index is 13.4. The molecule has 25 heavy (non-hydrogen) atoms. The first-order chi connectivity index (χ1) is 11.8. The molecule has 7 heteroatoms. The fourth-order valence-corrected chi connectivity index (χ4v) is 5.73. The second-order valence-corrected chi connectivity index (χ2v) is 9.78. The number of aryl methyl sites for hydroxylation is 2. The van der Waals surface area contributed by atoms with Crippen molar-refractivity contribution in [3.05, 3.63) is 59.7 Å². The van der Waals surface area contributed by atoms with Crippen LogP contribution in [0, 0.1) is 13.8 Å². The van der Waals surface area contributed by atoms with E-state index in [1.54, 1.807) is 36.4 Å². The molecule has 0 spiro atoms. The van der Waals surface area contributed by atoms with Crippen LogP contribution in [-0.4, -0.2) is 19.2 Å². The Labute approximate surface area is 150 Å². The average molecular weight is 381 g/mol. The third-order valence-corrected chi connectivity index (χ3v) is 7.69. The van der Waals surface area contributed by atoms with E-state index >= 15 is 0 Å². The quantitative estimate of drug-likeness (QED) is 0.742. The third-order valence-electron chi connectivity index (χ3n) is 3.69. The van der Waals surface area contributed by atoms with Crippen molar-refractivity contribution in [3.63, 3.8) is 0 Å². The lowest BCUT2D eigenvalue weighted by Crippen LogP contribution is -2.26. The third kappa shape index (κ3) is 5.14. The molecule has 2 aromatic rings. The van der Waals surface area contributed by atoms with Crippen molar-refractivity contribution in [2.75, 3.05) is 6.54 Å². The van der Waals surface area contributed by atoms with Crippen molar-refractivity contribution in [1.29, 1.82) is 0 Å². The molecule has 0 amide bonds. The predicted octanol–water partition coefficient (Wildman–Crippen LogP) is 3.82. The summed E-state index contributed by atoms with van der Waals surface area (Å²) >= 11 is 0. The van der Waals surface area contributed by atoms with Gasteiger partial charge < -0.3 is 0 Å². The monoisotopic (exact) mass is 380 g/mol. The first-order valence-electron chi connectivity index (χ1n) is 8.18. The number of sulfonamides is 1. The molecule has 136 valence electrons. The molecule has 1 N–H and O–H groups in total. The summed E-state index contributed by atoms with van der Waals surface area (Å²) in [6.07, 6.45) is 1.68. The molecule has 0 aliphatic rings. The van der Waals surface area contributed by atoms with E-state index in [1.807, 2.05) is 20.8 Å². The first kappa shape index (κ1) is 19.6. The molecule has 0 saturated carbocycles. The molecule has 0 aromatic heterocycles. The van der Waals surface area contributed by atoms with Gasteiger partial charge in [0.05, 0.1) is 9.79 Å².